The van der Waals surface area contributed by atoms with Crippen LogP contribution in [-0.4, -0.2) is 41.0 Å². The van der Waals surface area contributed by atoms with E-state index in [0.717, 1.165) is 30.7 Å². The second-order valence-electron chi connectivity index (χ2n) is 4.76. The maximum Gasteiger partial charge on any atom is 0.283 e. The summed E-state index contributed by atoms with van der Waals surface area (Å²) in [6, 6.07) is 4.00. The molecule has 22 heavy (non-hydrogen) atoms. The van der Waals surface area contributed by atoms with Gasteiger partial charge in [-0.15, -0.1) is 11.8 Å². The molecule has 1 aromatic carbocycles. The first-order valence-electron chi connectivity index (χ1n) is 6.81. The lowest BCUT2D eigenvalue weighted by Crippen LogP contribution is -2.29. The monoisotopic (exact) mass is 325 g/mol. The molecular weight excluding hydrogens is 306 g/mol. The average molecular weight is 325 g/mol. The van der Waals surface area contributed by atoms with E-state index in [1.54, 1.807) is 11.9 Å². The lowest BCUT2D eigenvalue weighted by Gasteiger charge is -2.16. The van der Waals surface area contributed by atoms with Crippen LogP contribution in [0.5, 0.6) is 0 Å². The summed E-state index contributed by atoms with van der Waals surface area (Å²) in [7, 11) is 1.71. The van der Waals surface area contributed by atoms with Crippen LogP contribution < -0.4 is 5.73 Å². The predicted molar refractivity (Wildman–Crippen MR) is 84.9 cm³/mol. The fourth-order valence-corrected chi connectivity index (χ4v) is 2.65. The number of nitro groups is 1. The van der Waals surface area contributed by atoms with Gasteiger partial charge in [0.25, 0.3) is 5.69 Å². The van der Waals surface area contributed by atoms with E-state index in [1.165, 1.54) is 12.1 Å². The van der Waals surface area contributed by atoms with Gasteiger partial charge in [-0.1, -0.05) is 13.3 Å². The summed E-state index contributed by atoms with van der Waals surface area (Å²) in [5.41, 5.74) is 4.97. The SMILES string of the molecule is CCCCN(C)C(=O)CSc1ccc(C(N)=O)cc1[N+](=O)[O-]. The topological polar surface area (TPSA) is 107 Å². The third-order valence-electron chi connectivity index (χ3n) is 3.06. The van der Waals surface area contributed by atoms with Gasteiger partial charge in [-0.05, 0) is 18.6 Å². The van der Waals surface area contributed by atoms with E-state index < -0.39 is 10.8 Å². The van der Waals surface area contributed by atoms with Crippen LogP contribution in [0.15, 0.2) is 23.1 Å². The van der Waals surface area contributed by atoms with Crippen LogP contribution >= 0.6 is 11.8 Å². The molecule has 0 bridgehead atoms. The standard InChI is InChI=1S/C14H19N3O4S/c1-3-4-7-16(2)13(18)9-22-12-6-5-10(14(15)19)8-11(12)17(20)21/h5-6,8H,3-4,7,9H2,1-2H3,(H2,15,19). The fourth-order valence-electron chi connectivity index (χ4n) is 1.71. The number of rotatable bonds is 8. The number of nitrogens with zero attached hydrogens (tertiary/aromatic N) is 2. The number of unbranched alkanes of at least 4 members (excludes halogenated alkanes) is 1. The van der Waals surface area contributed by atoms with Crippen molar-refractivity contribution < 1.29 is 14.5 Å². The summed E-state index contributed by atoms with van der Waals surface area (Å²) in [6.07, 6.45) is 1.91. The highest BCUT2D eigenvalue weighted by atomic mass is 32.2. The summed E-state index contributed by atoms with van der Waals surface area (Å²) < 4.78 is 0. The summed E-state index contributed by atoms with van der Waals surface area (Å²) >= 11 is 1.08. The van der Waals surface area contributed by atoms with Crippen LogP contribution in [0.1, 0.15) is 30.1 Å². The minimum Gasteiger partial charge on any atom is -0.366 e. The molecule has 2 N–H and O–H groups in total. The van der Waals surface area contributed by atoms with Gasteiger partial charge < -0.3 is 10.6 Å². The molecule has 0 unspecified atom stereocenters. The molecule has 0 fully saturated rings. The summed E-state index contributed by atoms with van der Waals surface area (Å²) in [4.78, 5) is 35.4. The number of benzene rings is 1. The summed E-state index contributed by atoms with van der Waals surface area (Å²) in [5, 5.41) is 11.1. The molecule has 0 aliphatic rings. The Hall–Kier alpha value is -2.09. The van der Waals surface area contributed by atoms with Crippen molar-refractivity contribution >= 4 is 29.3 Å². The second kappa shape index (κ2) is 8.38. The third-order valence-corrected chi connectivity index (χ3v) is 4.11. The van der Waals surface area contributed by atoms with Crippen molar-refractivity contribution in [3.05, 3.63) is 33.9 Å². The maximum absolute atomic E-state index is 11.9. The van der Waals surface area contributed by atoms with Gasteiger partial charge in [0.05, 0.1) is 15.6 Å². The van der Waals surface area contributed by atoms with Crippen LogP contribution in [0.2, 0.25) is 0 Å². The highest BCUT2D eigenvalue weighted by molar-refractivity contribution is 8.00. The summed E-state index contributed by atoms with van der Waals surface area (Å²) in [6.45, 7) is 2.70. The van der Waals surface area contributed by atoms with Gasteiger partial charge >= 0.3 is 0 Å². The minimum atomic E-state index is -0.727. The normalized spacial score (nSPS) is 10.3. The molecule has 0 aromatic heterocycles. The first kappa shape index (κ1) is 18.0. The second-order valence-corrected chi connectivity index (χ2v) is 5.78. The van der Waals surface area contributed by atoms with Crippen molar-refractivity contribution in [1.29, 1.82) is 0 Å². The number of primary amides is 1. The molecule has 0 saturated heterocycles. The molecule has 7 nitrogen and oxygen atoms in total. The Balaban J connectivity index is 2.79. The zero-order valence-corrected chi connectivity index (χ0v) is 13.4. The van der Waals surface area contributed by atoms with Crippen LogP contribution in [0.4, 0.5) is 5.69 Å². The van der Waals surface area contributed by atoms with Gasteiger partial charge in [0, 0.05) is 25.2 Å². The number of carbonyl (C=O) groups is 2. The number of thioether (sulfide) groups is 1. The molecule has 0 saturated carbocycles. The molecule has 8 heteroatoms. The smallest absolute Gasteiger partial charge is 0.283 e. The largest absolute Gasteiger partial charge is 0.366 e. The molecule has 0 spiro atoms. The number of carbonyl (C=O) groups excluding carboxylic acids is 2. The van der Waals surface area contributed by atoms with Crippen molar-refractivity contribution in [2.45, 2.75) is 24.7 Å². The molecular formula is C14H19N3O4S. The Kier molecular flexibility index (Phi) is 6.84. The van der Waals surface area contributed by atoms with E-state index >= 15 is 0 Å². The number of hydrogen-bond donors (Lipinski definition) is 1. The number of hydrogen-bond acceptors (Lipinski definition) is 5. The van der Waals surface area contributed by atoms with E-state index in [4.69, 9.17) is 5.73 Å². The molecule has 1 rings (SSSR count). The van der Waals surface area contributed by atoms with Gasteiger partial charge in [-0.2, -0.15) is 0 Å². The van der Waals surface area contributed by atoms with Crippen molar-refractivity contribution in [3.63, 3.8) is 0 Å². The summed E-state index contributed by atoms with van der Waals surface area (Å²) in [5.74, 6) is -0.710. The number of nitrogens with two attached hydrogens (primary N) is 1. The number of nitro benzene ring substituents is 1. The zero-order valence-electron chi connectivity index (χ0n) is 12.6. The van der Waals surface area contributed by atoms with Crippen molar-refractivity contribution in [2.24, 2.45) is 5.73 Å². The molecule has 0 aliphatic carbocycles. The Labute approximate surface area is 133 Å². The molecule has 0 atom stereocenters. The molecule has 1 aromatic rings. The van der Waals surface area contributed by atoms with Gasteiger partial charge in [0.1, 0.15) is 0 Å². The highest BCUT2D eigenvalue weighted by Gasteiger charge is 2.18. The van der Waals surface area contributed by atoms with Crippen molar-refractivity contribution in [2.75, 3.05) is 19.3 Å². The first-order chi connectivity index (χ1) is 10.4. The average Bonchev–Trinajstić information content (AvgIpc) is 2.49. The molecule has 2 amide bonds. The maximum atomic E-state index is 11.9. The quantitative estimate of drug-likeness (QED) is 0.447. The number of amides is 2. The molecule has 120 valence electrons. The van der Waals surface area contributed by atoms with Crippen LogP contribution in [0.25, 0.3) is 0 Å². The predicted octanol–water partition coefficient (Wildman–Crippen LogP) is 2.04. The van der Waals surface area contributed by atoms with E-state index in [2.05, 4.69) is 0 Å². The molecule has 0 radical (unpaired) electrons. The van der Waals surface area contributed by atoms with Gasteiger partial charge in [-0.3, -0.25) is 19.7 Å². The zero-order chi connectivity index (χ0) is 16.7. The Bertz CT molecular complexity index is 577. The van der Waals surface area contributed by atoms with E-state index in [-0.39, 0.29) is 22.9 Å². The van der Waals surface area contributed by atoms with Gasteiger partial charge in [0.15, 0.2) is 0 Å². The van der Waals surface area contributed by atoms with Crippen molar-refractivity contribution in [1.82, 2.24) is 4.90 Å². The Morgan fingerprint density at radius 3 is 2.64 bits per heavy atom. The lowest BCUT2D eigenvalue weighted by atomic mass is 10.2. The van der Waals surface area contributed by atoms with Gasteiger partial charge in [0.2, 0.25) is 11.8 Å². The van der Waals surface area contributed by atoms with Crippen molar-refractivity contribution in [3.8, 4) is 0 Å². The van der Waals surface area contributed by atoms with Crippen LogP contribution in [0, 0.1) is 10.1 Å². The lowest BCUT2D eigenvalue weighted by molar-refractivity contribution is -0.387. The highest BCUT2D eigenvalue weighted by Crippen LogP contribution is 2.30. The van der Waals surface area contributed by atoms with Crippen LogP contribution in [-0.2, 0) is 4.79 Å². The van der Waals surface area contributed by atoms with Gasteiger partial charge in [-0.25, -0.2) is 0 Å². The van der Waals surface area contributed by atoms with E-state index in [0.29, 0.717) is 11.4 Å². The fraction of sp³-hybridized carbons (Fsp3) is 0.429. The third kappa shape index (κ3) is 5.03. The van der Waals surface area contributed by atoms with E-state index in [1.807, 2.05) is 6.92 Å². The molecule has 0 heterocycles. The van der Waals surface area contributed by atoms with Crippen LogP contribution in [0.3, 0.4) is 0 Å². The molecule has 0 aliphatic heterocycles. The minimum absolute atomic E-state index is 0.0717. The Morgan fingerprint density at radius 2 is 2.09 bits per heavy atom. The first-order valence-corrected chi connectivity index (χ1v) is 7.80. The van der Waals surface area contributed by atoms with E-state index in [9.17, 15) is 19.7 Å². The Morgan fingerprint density at radius 1 is 1.41 bits per heavy atom.